The minimum Gasteiger partial charge on any atom is -0.303 e. The Morgan fingerprint density at radius 2 is 1.70 bits per heavy atom. The van der Waals surface area contributed by atoms with Crippen molar-refractivity contribution in [3.8, 4) is 0 Å². The Balaban J connectivity index is 0. The van der Waals surface area contributed by atoms with Crippen LogP contribution in [0.1, 0.15) is 19.8 Å². The van der Waals surface area contributed by atoms with Gasteiger partial charge in [0.1, 0.15) is 0 Å². The molecular weight excluding hydrogens is 223 g/mol. The van der Waals surface area contributed by atoms with Crippen LogP contribution in [0.5, 0.6) is 0 Å². The van der Waals surface area contributed by atoms with Crippen LogP contribution >= 0.6 is 23.8 Å². The Kier molecular flexibility index (Phi) is 10.2. The standard InChI is InChI=1S/C4H9Br.H3O4P/c1-2-3-4-5;1-5(2,3)4/h2-4H2,1H3;(H3,1,2,3,4). The molecule has 0 radical (unpaired) electrons. The quantitative estimate of drug-likeness (QED) is 0.497. The van der Waals surface area contributed by atoms with Crippen LogP contribution in [-0.2, 0) is 4.57 Å². The lowest BCUT2D eigenvalue weighted by Gasteiger charge is -1.82. The molecule has 0 heterocycles. The molecule has 0 amide bonds. The molecule has 64 valence electrons. The molecule has 4 nitrogen and oxygen atoms in total. The highest BCUT2D eigenvalue weighted by Crippen LogP contribution is 2.25. The van der Waals surface area contributed by atoms with E-state index in [1.54, 1.807) is 0 Å². The summed E-state index contributed by atoms with van der Waals surface area (Å²) in [6, 6.07) is 0. The maximum atomic E-state index is 8.88. The lowest BCUT2D eigenvalue weighted by atomic mass is 10.4. The van der Waals surface area contributed by atoms with E-state index in [1.807, 2.05) is 0 Å². The van der Waals surface area contributed by atoms with E-state index >= 15 is 0 Å². The highest BCUT2D eigenvalue weighted by atomic mass is 79.9. The number of hydrogen-bond donors (Lipinski definition) is 3. The Hall–Kier alpha value is 0.590. The molecule has 0 spiro atoms. The van der Waals surface area contributed by atoms with Gasteiger partial charge in [0.05, 0.1) is 0 Å². The first kappa shape index (κ1) is 13.2. The predicted molar refractivity (Wildman–Crippen MR) is 43.0 cm³/mol. The molecule has 0 aliphatic rings. The van der Waals surface area contributed by atoms with Gasteiger partial charge in [-0.2, -0.15) is 0 Å². The smallest absolute Gasteiger partial charge is 0.303 e. The van der Waals surface area contributed by atoms with Gasteiger partial charge in [-0.3, -0.25) is 0 Å². The van der Waals surface area contributed by atoms with E-state index in [9.17, 15) is 0 Å². The maximum Gasteiger partial charge on any atom is 0.466 e. The minimum atomic E-state index is -4.64. The molecular formula is C4H12BrO4P. The van der Waals surface area contributed by atoms with Crippen LogP contribution in [0, 0.1) is 0 Å². The molecule has 3 N–H and O–H groups in total. The van der Waals surface area contributed by atoms with Crippen LogP contribution in [-0.4, -0.2) is 20.0 Å². The van der Waals surface area contributed by atoms with Crippen molar-refractivity contribution in [1.82, 2.24) is 0 Å². The van der Waals surface area contributed by atoms with Crippen molar-refractivity contribution in [3.05, 3.63) is 0 Å². The van der Waals surface area contributed by atoms with E-state index in [-0.39, 0.29) is 0 Å². The maximum absolute atomic E-state index is 8.88. The summed E-state index contributed by atoms with van der Waals surface area (Å²) >= 11 is 3.31. The fourth-order valence-corrected chi connectivity index (χ4v) is 0.694. The summed E-state index contributed by atoms with van der Waals surface area (Å²) in [4.78, 5) is 21.6. The molecule has 0 aliphatic carbocycles. The van der Waals surface area contributed by atoms with Crippen molar-refractivity contribution in [2.24, 2.45) is 0 Å². The van der Waals surface area contributed by atoms with Crippen LogP contribution in [0.25, 0.3) is 0 Å². The van der Waals surface area contributed by atoms with Crippen LogP contribution in [0.4, 0.5) is 0 Å². The largest absolute Gasteiger partial charge is 0.466 e. The SMILES string of the molecule is CCCCBr.O=P(O)(O)O. The molecule has 0 atom stereocenters. The summed E-state index contributed by atoms with van der Waals surface area (Å²) < 4.78 is 8.88. The molecule has 0 bridgehead atoms. The number of phosphoric acid groups is 1. The second-order valence-electron chi connectivity index (χ2n) is 1.56. The molecule has 0 aromatic rings. The number of rotatable bonds is 2. The van der Waals surface area contributed by atoms with Crippen molar-refractivity contribution in [1.29, 1.82) is 0 Å². The first-order chi connectivity index (χ1) is 4.41. The van der Waals surface area contributed by atoms with Gasteiger partial charge in [0.2, 0.25) is 0 Å². The van der Waals surface area contributed by atoms with Crippen molar-refractivity contribution in [2.45, 2.75) is 19.8 Å². The molecule has 0 aliphatic heterocycles. The molecule has 0 rings (SSSR count). The summed E-state index contributed by atoms with van der Waals surface area (Å²) in [7, 11) is -4.64. The molecule has 0 fully saturated rings. The highest BCUT2D eigenvalue weighted by molar-refractivity contribution is 9.09. The minimum absolute atomic E-state index is 1.16. The second kappa shape index (κ2) is 7.69. The van der Waals surface area contributed by atoms with E-state index in [0.29, 0.717) is 0 Å². The van der Waals surface area contributed by atoms with Crippen molar-refractivity contribution < 1.29 is 19.2 Å². The topological polar surface area (TPSA) is 77.8 Å². The number of hydrogen-bond acceptors (Lipinski definition) is 1. The van der Waals surface area contributed by atoms with Gasteiger partial charge in [0, 0.05) is 5.33 Å². The molecule has 0 aromatic carbocycles. The molecule has 0 saturated heterocycles. The fraction of sp³-hybridized carbons (Fsp3) is 1.00. The summed E-state index contributed by atoms with van der Waals surface area (Å²) in [6.07, 6.45) is 2.60. The zero-order valence-corrected chi connectivity index (χ0v) is 8.18. The lowest BCUT2D eigenvalue weighted by molar-refractivity contribution is 0.275. The Labute approximate surface area is 68.6 Å². The number of halogens is 1. The zero-order valence-electron chi connectivity index (χ0n) is 5.70. The molecule has 0 saturated carbocycles. The van der Waals surface area contributed by atoms with Gasteiger partial charge in [0.15, 0.2) is 0 Å². The Morgan fingerprint density at radius 3 is 1.70 bits per heavy atom. The van der Waals surface area contributed by atoms with E-state index in [2.05, 4.69) is 22.9 Å². The molecule has 6 heteroatoms. The summed E-state index contributed by atoms with van der Waals surface area (Å²) in [6.45, 7) is 2.18. The van der Waals surface area contributed by atoms with Gasteiger partial charge in [-0.15, -0.1) is 0 Å². The van der Waals surface area contributed by atoms with Crippen LogP contribution in [0.3, 0.4) is 0 Å². The summed E-state index contributed by atoms with van der Waals surface area (Å²) in [5.74, 6) is 0. The van der Waals surface area contributed by atoms with Gasteiger partial charge in [-0.25, -0.2) is 4.57 Å². The normalized spacial score (nSPS) is 10.1. The van der Waals surface area contributed by atoms with Gasteiger partial charge < -0.3 is 14.7 Å². The first-order valence-electron chi connectivity index (χ1n) is 2.76. The Bertz CT molecular complexity index is 91.2. The third-order valence-corrected chi connectivity index (χ3v) is 1.05. The third kappa shape index (κ3) is 73.8. The first-order valence-corrected chi connectivity index (χ1v) is 5.44. The van der Waals surface area contributed by atoms with Crippen LogP contribution < -0.4 is 0 Å². The molecule has 10 heavy (non-hydrogen) atoms. The van der Waals surface area contributed by atoms with Gasteiger partial charge in [0.25, 0.3) is 0 Å². The highest BCUT2D eigenvalue weighted by Gasteiger charge is 2.00. The monoisotopic (exact) mass is 234 g/mol. The molecule has 0 aromatic heterocycles. The fourth-order valence-electron chi connectivity index (χ4n) is 0.134. The van der Waals surface area contributed by atoms with E-state index in [0.717, 1.165) is 5.33 Å². The lowest BCUT2D eigenvalue weighted by Crippen LogP contribution is -1.66. The van der Waals surface area contributed by atoms with Gasteiger partial charge >= 0.3 is 7.82 Å². The summed E-state index contributed by atoms with van der Waals surface area (Å²) in [5, 5.41) is 1.16. The molecule has 0 unspecified atom stereocenters. The zero-order chi connectivity index (χ0) is 8.62. The predicted octanol–water partition coefficient (Wildman–Crippen LogP) is 1.25. The Morgan fingerprint density at radius 1 is 1.40 bits per heavy atom. The number of unbranched alkanes of at least 4 members (excludes halogenated alkanes) is 1. The number of alkyl halides is 1. The average molecular weight is 235 g/mol. The summed E-state index contributed by atoms with van der Waals surface area (Å²) in [5.41, 5.74) is 0. The second-order valence-corrected chi connectivity index (χ2v) is 3.38. The van der Waals surface area contributed by atoms with E-state index in [4.69, 9.17) is 19.2 Å². The van der Waals surface area contributed by atoms with Gasteiger partial charge in [-0.05, 0) is 6.42 Å². The van der Waals surface area contributed by atoms with E-state index < -0.39 is 7.82 Å². The van der Waals surface area contributed by atoms with Crippen LogP contribution in [0.2, 0.25) is 0 Å². The van der Waals surface area contributed by atoms with Crippen molar-refractivity contribution >= 4 is 23.8 Å². The van der Waals surface area contributed by atoms with Crippen molar-refractivity contribution in [3.63, 3.8) is 0 Å². The van der Waals surface area contributed by atoms with E-state index in [1.165, 1.54) is 12.8 Å². The third-order valence-electron chi connectivity index (χ3n) is 0.487. The van der Waals surface area contributed by atoms with Crippen LogP contribution in [0.15, 0.2) is 0 Å². The average Bonchev–Trinajstić information content (AvgIpc) is 1.63. The van der Waals surface area contributed by atoms with Gasteiger partial charge in [-0.1, -0.05) is 29.3 Å². The van der Waals surface area contributed by atoms with Crippen molar-refractivity contribution in [2.75, 3.05) is 5.33 Å².